The molecule has 19 heavy (non-hydrogen) atoms. The molecule has 5 heteroatoms. The SMILES string of the molecule is CC(C)(C)NCc1cc(F)c(OCCCO)c(F)c1. The Labute approximate surface area is 112 Å². The molecule has 0 amide bonds. The van der Waals surface area contributed by atoms with E-state index in [-0.39, 0.29) is 24.5 Å². The van der Waals surface area contributed by atoms with Crippen molar-refractivity contribution >= 4 is 0 Å². The standard InChI is InChI=1S/C14H21F2NO2/c1-14(2,3)17-9-10-7-11(15)13(12(16)8-10)19-6-4-5-18/h7-8,17-18H,4-6,9H2,1-3H3. The molecule has 0 saturated carbocycles. The Morgan fingerprint density at radius 2 is 1.79 bits per heavy atom. The van der Waals surface area contributed by atoms with Gasteiger partial charge in [-0.1, -0.05) is 0 Å². The van der Waals surface area contributed by atoms with Crippen LogP contribution in [0.2, 0.25) is 0 Å². The lowest BCUT2D eigenvalue weighted by atomic mass is 10.1. The zero-order chi connectivity index (χ0) is 14.5. The molecule has 1 aromatic carbocycles. The quantitative estimate of drug-likeness (QED) is 0.783. The zero-order valence-corrected chi connectivity index (χ0v) is 11.6. The molecule has 1 aromatic rings. The fourth-order valence-corrected chi connectivity index (χ4v) is 1.46. The lowest BCUT2D eigenvalue weighted by Crippen LogP contribution is -2.35. The molecule has 1 rings (SSSR count). The first kappa shape index (κ1) is 15.9. The van der Waals surface area contributed by atoms with Crippen molar-refractivity contribution in [1.29, 1.82) is 0 Å². The fraction of sp³-hybridized carbons (Fsp3) is 0.571. The molecule has 0 aliphatic carbocycles. The molecule has 3 nitrogen and oxygen atoms in total. The summed E-state index contributed by atoms with van der Waals surface area (Å²) in [4.78, 5) is 0. The van der Waals surface area contributed by atoms with Crippen molar-refractivity contribution < 1.29 is 18.6 Å². The smallest absolute Gasteiger partial charge is 0.190 e. The van der Waals surface area contributed by atoms with Crippen LogP contribution in [0.4, 0.5) is 8.78 Å². The lowest BCUT2D eigenvalue weighted by Gasteiger charge is -2.20. The van der Waals surface area contributed by atoms with Crippen molar-refractivity contribution in [1.82, 2.24) is 5.32 Å². The van der Waals surface area contributed by atoms with Crippen molar-refractivity contribution in [2.24, 2.45) is 0 Å². The van der Waals surface area contributed by atoms with Crippen LogP contribution in [0.25, 0.3) is 0 Å². The molecular weight excluding hydrogens is 252 g/mol. The number of ether oxygens (including phenoxy) is 1. The topological polar surface area (TPSA) is 41.5 Å². The molecule has 0 atom stereocenters. The number of hydrogen-bond acceptors (Lipinski definition) is 3. The van der Waals surface area contributed by atoms with Gasteiger partial charge in [0, 0.05) is 25.1 Å². The van der Waals surface area contributed by atoms with Crippen LogP contribution in [0.5, 0.6) is 5.75 Å². The maximum atomic E-state index is 13.7. The Hall–Kier alpha value is -1.20. The van der Waals surface area contributed by atoms with Crippen molar-refractivity contribution in [3.63, 3.8) is 0 Å². The van der Waals surface area contributed by atoms with Crippen molar-refractivity contribution in [3.8, 4) is 5.75 Å². The maximum Gasteiger partial charge on any atom is 0.190 e. The maximum absolute atomic E-state index is 13.7. The summed E-state index contributed by atoms with van der Waals surface area (Å²) in [6.07, 6.45) is 0.339. The second-order valence-electron chi connectivity index (χ2n) is 5.42. The number of hydrogen-bond donors (Lipinski definition) is 2. The molecule has 0 bridgehead atoms. The van der Waals surface area contributed by atoms with Crippen LogP contribution in [0.3, 0.4) is 0 Å². The van der Waals surface area contributed by atoms with E-state index in [1.165, 1.54) is 12.1 Å². The predicted molar refractivity (Wildman–Crippen MR) is 70.1 cm³/mol. The number of rotatable bonds is 6. The van der Waals surface area contributed by atoms with Crippen LogP contribution in [-0.4, -0.2) is 23.9 Å². The first-order valence-corrected chi connectivity index (χ1v) is 6.30. The first-order valence-electron chi connectivity index (χ1n) is 6.30. The molecule has 0 aliphatic rings. The summed E-state index contributed by atoms with van der Waals surface area (Å²) >= 11 is 0. The molecule has 0 heterocycles. The highest BCUT2D eigenvalue weighted by molar-refractivity contribution is 5.31. The molecule has 0 aromatic heterocycles. The van der Waals surface area contributed by atoms with Gasteiger partial charge in [0.15, 0.2) is 17.4 Å². The summed E-state index contributed by atoms with van der Waals surface area (Å²) in [6.45, 7) is 6.33. The number of halogens is 2. The van der Waals surface area contributed by atoms with Crippen molar-refractivity contribution in [3.05, 3.63) is 29.3 Å². The molecule has 2 N–H and O–H groups in total. The van der Waals surface area contributed by atoms with Crippen molar-refractivity contribution in [2.45, 2.75) is 39.3 Å². The summed E-state index contributed by atoms with van der Waals surface area (Å²) in [7, 11) is 0. The van der Waals surface area contributed by atoms with E-state index in [4.69, 9.17) is 9.84 Å². The molecule has 0 fully saturated rings. The molecular formula is C14H21F2NO2. The second-order valence-corrected chi connectivity index (χ2v) is 5.42. The molecule has 0 aliphatic heterocycles. The monoisotopic (exact) mass is 273 g/mol. The van der Waals surface area contributed by atoms with E-state index in [9.17, 15) is 8.78 Å². The highest BCUT2D eigenvalue weighted by Crippen LogP contribution is 2.23. The van der Waals surface area contributed by atoms with Gasteiger partial charge in [0.1, 0.15) is 0 Å². The number of nitrogens with one attached hydrogen (secondary N) is 1. The van der Waals surface area contributed by atoms with Gasteiger partial charge in [0.2, 0.25) is 0 Å². The summed E-state index contributed by atoms with van der Waals surface area (Å²) < 4.78 is 32.4. The van der Waals surface area contributed by atoms with Crippen LogP contribution >= 0.6 is 0 Å². The van der Waals surface area contributed by atoms with Gasteiger partial charge in [-0.15, -0.1) is 0 Å². The fourth-order valence-electron chi connectivity index (χ4n) is 1.46. The highest BCUT2D eigenvalue weighted by atomic mass is 19.1. The van der Waals surface area contributed by atoms with Gasteiger partial charge in [-0.3, -0.25) is 0 Å². The minimum atomic E-state index is -0.719. The summed E-state index contributed by atoms with van der Waals surface area (Å²) in [5.41, 5.74) is 0.405. The van der Waals surface area contributed by atoms with Crippen LogP contribution in [-0.2, 0) is 6.54 Å². The van der Waals surface area contributed by atoms with Gasteiger partial charge < -0.3 is 15.2 Å². The third-order valence-electron chi connectivity index (χ3n) is 2.43. The summed E-state index contributed by atoms with van der Waals surface area (Å²) in [6, 6.07) is 2.52. The zero-order valence-electron chi connectivity index (χ0n) is 11.6. The second kappa shape index (κ2) is 6.82. The molecule has 0 saturated heterocycles. The third kappa shape index (κ3) is 5.53. The normalized spacial score (nSPS) is 11.7. The lowest BCUT2D eigenvalue weighted by molar-refractivity contribution is 0.222. The van der Waals surface area contributed by atoms with Crippen LogP contribution in [0.1, 0.15) is 32.8 Å². The van der Waals surface area contributed by atoms with E-state index in [0.717, 1.165) is 0 Å². The third-order valence-corrected chi connectivity index (χ3v) is 2.43. The van der Waals surface area contributed by atoms with Crippen LogP contribution in [0, 0.1) is 11.6 Å². The Morgan fingerprint density at radius 1 is 1.21 bits per heavy atom. The van der Waals surface area contributed by atoms with E-state index in [1.807, 2.05) is 20.8 Å². The van der Waals surface area contributed by atoms with Gasteiger partial charge in [-0.25, -0.2) is 8.78 Å². The highest BCUT2D eigenvalue weighted by Gasteiger charge is 2.14. The number of benzene rings is 1. The van der Waals surface area contributed by atoms with Gasteiger partial charge in [-0.05, 0) is 38.5 Å². The first-order chi connectivity index (χ1) is 8.83. The van der Waals surface area contributed by atoms with Crippen molar-refractivity contribution in [2.75, 3.05) is 13.2 Å². The summed E-state index contributed by atoms with van der Waals surface area (Å²) in [5, 5.41) is 11.8. The van der Waals surface area contributed by atoms with Crippen LogP contribution in [0.15, 0.2) is 12.1 Å². The number of aliphatic hydroxyl groups excluding tert-OH is 1. The van der Waals surface area contributed by atoms with Gasteiger partial charge in [0.25, 0.3) is 0 Å². The molecule has 0 radical (unpaired) electrons. The van der Waals surface area contributed by atoms with E-state index in [0.29, 0.717) is 18.5 Å². The number of aliphatic hydroxyl groups is 1. The molecule has 108 valence electrons. The predicted octanol–water partition coefficient (Wildman–Crippen LogP) is 2.61. The minimum Gasteiger partial charge on any atom is -0.488 e. The molecule has 0 unspecified atom stereocenters. The van der Waals surface area contributed by atoms with Gasteiger partial charge >= 0.3 is 0 Å². The minimum absolute atomic E-state index is 0.0726. The van der Waals surface area contributed by atoms with E-state index in [2.05, 4.69) is 5.32 Å². The van der Waals surface area contributed by atoms with Crippen LogP contribution < -0.4 is 10.1 Å². The Kier molecular flexibility index (Phi) is 5.69. The van der Waals surface area contributed by atoms with E-state index >= 15 is 0 Å². The summed E-state index contributed by atoms with van der Waals surface area (Å²) in [5.74, 6) is -1.82. The van der Waals surface area contributed by atoms with E-state index < -0.39 is 11.6 Å². The Morgan fingerprint density at radius 3 is 2.26 bits per heavy atom. The molecule has 0 spiro atoms. The van der Waals surface area contributed by atoms with E-state index in [1.54, 1.807) is 0 Å². The average Bonchev–Trinajstić information content (AvgIpc) is 2.29. The average molecular weight is 273 g/mol. The van der Waals surface area contributed by atoms with Gasteiger partial charge in [-0.2, -0.15) is 0 Å². The Balaban J connectivity index is 2.73. The van der Waals surface area contributed by atoms with Gasteiger partial charge in [0.05, 0.1) is 6.61 Å². The Bertz CT molecular complexity index is 393. The largest absolute Gasteiger partial charge is 0.488 e.